The van der Waals surface area contributed by atoms with Crippen molar-refractivity contribution in [1.29, 1.82) is 0 Å². The molecule has 0 spiro atoms. The highest BCUT2D eigenvalue weighted by molar-refractivity contribution is 4.74. The number of likely N-dealkylation sites (tertiary alicyclic amines) is 1. The SMILES string of the molecule is CC(C)(C[N+]1(CC(C)(C)[N+](=O)[O-])CCCCC1)[N+](=O)[O-]. The lowest BCUT2D eigenvalue weighted by molar-refractivity contribution is -0.958. The molecule has 7 nitrogen and oxygen atoms in total. The molecule has 1 rings (SSSR count). The molecule has 1 aliphatic rings. The van der Waals surface area contributed by atoms with Gasteiger partial charge in [-0.15, -0.1) is 0 Å². The van der Waals surface area contributed by atoms with Crippen molar-refractivity contribution in [2.75, 3.05) is 26.2 Å². The molecular formula is C13H26N3O4+. The van der Waals surface area contributed by atoms with Gasteiger partial charge < -0.3 is 4.48 Å². The first-order chi connectivity index (χ1) is 9.01. The molecule has 116 valence electrons. The summed E-state index contributed by atoms with van der Waals surface area (Å²) in [4.78, 5) is 21.9. The van der Waals surface area contributed by atoms with Crippen LogP contribution in [0.4, 0.5) is 0 Å². The topological polar surface area (TPSA) is 86.3 Å². The van der Waals surface area contributed by atoms with Crippen LogP contribution in [-0.2, 0) is 0 Å². The van der Waals surface area contributed by atoms with Crippen LogP contribution in [0, 0.1) is 20.2 Å². The number of nitrogens with zero attached hydrogens (tertiary/aromatic N) is 3. The maximum atomic E-state index is 11.2. The summed E-state index contributed by atoms with van der Waals surface area (Å²) in [5, 5.41) is 22.4. The minimum absolute atomic E-state index is 0.263. The number of nitro groups is 2. The van der Waals surface area contributed by atoms with Crippen LogP contribution in [0.5, 0.6) is 0 Å². The Balaban J connectivity index is 2.98. The highest BCUT2D eigenvalue weighted by Crippen LogP contribution is 2.27. The van der Waals surface area contributed by atoms with Crippen LogP contribution < -0.4 is 0 Å². The predicted octanol–water partition coefficient (Wildman–Crippen LogP) is 2.10. The summed E-state index contributed by atoms with van der Waals surface area (Å²) in [6.07, 6.45) is 3.08. The molecule has 1 fully saturated rings. The lowest BCUT2D eigenvalue weighted by Crippen LogP contribution is -2.64. The molecule has 20 heavy (non-hydrogen) atoms. The molecule has 0 saturated carbocycles. The molecule has 1 aliphatic heterocycles. The van der Waals surface area contributed by atoms with E-state index in [-0.39, 0.29) is 9.85 Å². The van der Waals surface area contributed by atoms with Crippen molar-refractivity contribution < 1.29 is 14.3 Å². The van der Waals surface area contributed by atoms with E-state index in [1.807, 2.05) is 0 Å². The molecule has 1 saturated heterocycles. The van der Waals surface area contributed by atoms with E-state index in [4.69, 9.17) is 0 Å². The summed E-state index contributed by atoms with van der Waals surface area (Å²) < 4.78 is 0.488. The van der Waals surface area contributed by atoms with Crippen molar-refractivity contribution in [2.24, 2.45) is 0 Å². The fraction of sp³-hybridized carbons (Fsp3) is 1.00. The van der Waals surface area contributed by atoms with Gasteiger partial charge in [0.05, 0.1) is 13.1 Å². The second kappa shape index (κ2) is 5.63. The van der Waals surface area contributed by atoms with Gasteiger partial charge in [0, 0.05) is 37.5 Å². The molecule has 0 amide bonds. The standard InChI is InChI=1S/C13H26N3O4/c1-12(2,14(17)18)10-16(8-6-5-7-9-16)11-13(3,4)15(19)20/h5-11H2,1-4H3/q+1. The predicted molar refractivity (Wildman–Crippen MR) is 75.7 cm³/mol. The van der Waals surface area contributed by atoms with Gasteiger partial charge in [0.25, 0.3) is 11.1 Å². The largest absolute Gasteiger partial charge is 0.312 e. The summed E-state index contributed by atoms with van der Waals surface area (Å²) in [6, 6.07) is 0. The van der Waals surface area contributed by atoms with Gasteiger partial charge in [0.2, 0.25) is 0 Å². The fourth-order valence-electron chi connectivity index (χ4n) is 3.31. The minimum atomic E-state index is -1.05. The molecule has 0 bridgehead atoms. The molecule has 0 aromatic carbocycles. The van der Waals surface area contributed by atoms with Crippen LogP contribution in [0.1, 0.15) is 47.0 Å². The van der Waals surface area contributed by atoms with Crippen LogP contribution in [0.3, 0.4) is 0 Å². The third-order valence-corrected chi connectivity index (χ3v) is 4.20. The van der Waals surface area contributed by atoms with E-state index in [1.165, 1.54) is 0 Å². The summed E-state index contributed by atoms with van der Waals surface area (Å²) in [5.41, 5.74) is -2.10. The molecule has 7 heteroatoms. The Morgan fingerprint density at radius 3 is 1.50 bits per heavy atom. The van der Waals surface area contributed by atoms with Crippen molar-refractivity contribution in [2.45, 2.75) is 58.0 Å². The lowest BCUT2D eigenvalue weighted by Gasteiger charge is -2.44. The first kappa shape index (κ1) is 16.8. The quantitative estimate of drug-likeness (QED) is 0.425. The van der Waals surface area contributed by atoms with Crippen LogP contribution in [0.2, 0.25) is 0 Å². The smallest absolute Gasteiger partial charge is 0.264 e. The molecule has 0 aliphatic carbocycles. The second-order valence-corrected chi connectivity index (χ2v) is 7.30. The van der Waals surface area contributed by atoms with Crippen molar-refractivity contribution in [3.63, 3.8) is 0 Å². The molecule has 0 radical (unpaired) electrons. The Morgan fingerprint density at radius 1 is 0.850 bits per heavy atom. The van der Waals surface area contributed by atoms with Crippen molar-refractivity contribution in [3.8, 4) is 0 Å². The monoisotopic (exact) mass is 288 g/mol. The first-order valence-corrected chi connectivity index (χ1v) is 7.15. The van der Waals surface area contributed by atoms with Gasteiger partial charge in [0.1, 0.15) is 13.1 Å². The number of rotatable bonds is 6. The van der Waals surface area contributed by atoms with E-state index in [9.17, 15) is 20.2 Å². The van der Waals surface area contributed by atoms with Crippen molar-refractivity contribution in [1.82, 2.24) is 0 Å². The van der Waals surface area contributed by atoms with Gasteiger partial charge >= 0.3 is 0 Å². The third kappa shape index (κ3) is 3.88. The lowest BCUT2D eigenvalue weighted by atomic mass is 9.95. The molecule has 1 heterocycles. The van der Waals surface area contributed by atoms with Crippen LogP contribution >= 0.6 is 0 Å². The highest BCUT2D eigenvalue weighted by Gasteiger charge is 2.49. The van der Waals surface area contributed by atoms with Gasteiger partial charge in [-0.2, -0.15) is 0 Å². The van der Waals surface area contributed by atoms with E-state index in [2.05, 4.69) is 0 Å². The molecular weight excluding hydrogens is 262 g/mol. The van der Waals surface area contributed by atoms with Gasteiger partial charge in [-0.1, -0.05) is 0 Å². The van der Waals surface area contributed by atoms with Crippen molar-refractivity contribution in [3.05, 3.63) is 20.2 Å². The third-order valence-electron chi connectivity index (χ3n) is 4.20. The molecule has 0 unspecified atom stereocenters. The van der Waals surface area contributed by atoms with E-state index in [0.29, 0.717) is 17.6 Å². The maximum absolute atomic E-state index is 11.2. The first-order valence-electron chi connectivity index (χ1n) is 7.15. The normalized spacial score (nSPS) is 19.6. The average Bonchev–Trinajstić information content (AvgIpc) is 2.27. The van der Waals surface area contributed by atoms with Crippen LogP contribution in [0.25, 0.3) is 0 Å². The van der Waals surface area contributed by atoms with Gasteiger partial charge in [-0.3, -0.25) is 20.2 Å². The Bertz CT molecular complexity index is 357. The molecule has 0 aromatic heterocycles. The van der Waals surface area contributed by atoms with E-state index >= 15 is 0 Å². The summed E-state index contributed by atoms with van der Waals surface area (Å²) in [7, 11) is 0. The summed E-state index contributed by atoms with van der Waals surface area (Å²) in [6.45, 7) is 8.76. The van der Waals surface area contributed by atoms with Gasteiger partial charge in [-0.05, 0) is 19.3 Å². The number of hydrogen-bond donors (Lipinski definition) is 0. The Labute approximate surface area is 119 Å². The molecule has 0 atom stereocenters. The minimum Gasteiger partial charge on any atom is -0.312 e. The fourth-order valence-corrected chi connectivity index (χ4v) is 3.31. The zero-order chi connectivity index (χ0) is 15.6. The zero-order valence-corrected chi connectivity index (χ0v) is 12.9. The summed E-state index contributed by atoms with van der Waals surface area (Å²) in [5.74, 6) is 0. The second-order valence-electron chi connectivity index (χ2n) is 7.30. The Hall–Kier alpha value is -1.24. The summed E-state index contributed by atoms with van der Waals surface area (Å²) >= 11 is 0. The van der Waals surface area contributed by atoms with Crippen LogP contribution in [-0.4, -0.2) is 51.6 Å². The van der Waals surface area contributed by atoms with E-state index < -0.39 is 11.1 Å². The van der Waals surface area contributed by atoms with Crippen LogP contribution in [0.15, 0.2) is 0 Å². The Kier molecular flexibility index (Phi) is 4.74. The van der Waals surface area contributed by atoms with Crippen molar-refractivity contribution >= 4 is 0 Å². The highest BCUT2D eigenvalue weighted by atomic mass is 16.6. The zero-order valence-electron chi connectivity index (χ0n) is 12.9. The molecule has 0 aromatic rings. The Morgan fingerprint density at radius 2 is 1.20 bits per heavy atom. The number of piperidine rings is 1. The van der Waals surface area contributed by atoms with E-state index in [0.717, 1.165) is 32.4 Å². The van der Waals surface area contributed by atoms with Gasteiger partial charge in [-0.25, -0.2) is 0 Å². The molecule has 0 N–H and O–H groups in total. The maximum Gasteiger partial charge on any atom is 0.264 e. The number of hydrogen-bond acceptors (Lipinski definition) is 4. The van der Waals surface area contributed by atoms with E-state index in [1.54, 1.807) is 27.7 Å². The van der Waals surface area contributed by atoms with Gasteiger partial charge in [0.15, 0.2) is 0 Å². The average molecular weight is 288 g/mol. The number of quaternary nitrogens is 1.